The summed E-state index contributed by atoms with van der Waals surface area (Å²) in [7, 11) is 0. The van der Waals surface area contributed by atoms with E-state index in [4.69, 9.17) is 0 Å². The fraction of sp³-hybridized carbons (Fsp3) is 0. The number of aromatic amines is 2. The zero-order valence-corrected chi connectivity index (χ0v) is 9.52. The van der Waals surface area contributed by atoms with Crippen molar-refractivity contribution >= 4 is 24.8 Å². The van der Waals surface area contributed by atoms with Gasteiger partial charge in [0.15, 0.2) is 4.77 Å². The standard InChI is InChI=1S/C6H6S.C4H4N2OS/c7-6-4-2-1-3-5-6;7-3-1-2-5-4(8)6-3/h1-5,7H;1-2H,(H2,5,6,7,8). The van der Waals surface area contributed by atoms with Gasteiger partial charge >= 0.3 is 0 Å². The smallest absolute Gasteiger partial charge is 0.251 e. The second kappa shape index (κ2) is 6.21. The van der Waals surface area contributed by atoms with Gasteiger partial charge in [-0.05, 0) is 24.4 Å². The number of thiol groups is 1. The average Bonchev–Trinajstić information content (AvgIpc) is 2.19. The summed E-state index contributed by atoms with van der Waals surface area (Å²) in [6.45, 7) is 0. The van der Waals surface area contributed by atoms with E-state index in [1.54, 1.807) is 0 Å². The highest BCUT2D eigenvalue weighted by Gasteiger charge is 1.75. The van der Waals surface area contributed by atoms with Gasteiger partial charge in [-0.15, -0.1) is 12.6 Å². The van der Waals surface area contributed by atoms with Crippen LogP contribution in [0.25, 0.3) is 0 Å². The molecular formula is C10H10N2OS2. The van der Waals surface area contributed by atoms with Crippen molar-refractivity contribution in [1.82, 2.24) is 9.97 Å². The third-order valence-electron chi connectivity index (χ3n) is 1.44. The molecule has 1 aromatic heterocycles. The number of benzene rings is 1. The molecule has 1 aromatic carbocycles. The molecule has 0 aliphatic rings. The highest BCUT2D eigenvalue weighted by molar-refractivity contribution is 7.80. The quantitative estimate of drug-likeness (QED) is 0.487. The molecule has 1 heterocycles. The van der Waals surface area contributed by atoms with Crippen molar-refractivity contribution < 1.29 is 0 Å². The molecule has 0 saturated heterocycles. The van der Waals surface area contributed by atoms with Crippen LogP contribution in [0, 0.1) is 4.77 Å². The Bertz CT molecular complexity index is 479. The molecule has 0 fully saturated rings. The van der Waals surface area contributed by atoms with Crippen molar-refractivity contribution in [2.75, 3.05) is 0 Å². The van der Waals surface area contributed by atoms with Gasteiger partial charge in [-0.3, -0.25) is 9.78 Å². The van der Waals surface area contributed by atoms with Crippen molar-refractivity contribution in [1.29, 1.82) is 0 Å². The Kier molecular flexibility index (Phi) is 4.86. The van der Waals surface area contributed by atoms with E-state index in [1.807, 2.05) is 30.3 Å². The van der Waals surface area contributed by atoms with Crippen LogP contribution in [-0.2, 0) is 0 Å². The van der Waals surface area contributed by atoms with E-state index in [0.29, 0.717) is 4.77 Å². The predicted octanol–water partition coefficient (Wildman–Crippen LogP) is 2.41. The molecule has 2 aromatic rings. The number of nitrogens with one attached hydrogen (secondary N) is 2. The van der Waals surface area contributed by atoms with E-state index in [2.05, 4.69) is 34.8 Å². The van der Waals surface area contributed by atoms with E-state index < -0.39 is 0 Å². The van der Waals surface area contributed by atoms with Crippen molar-refractivity contribution in [2.45, 2.75) is 4.90 Å². The van der Waals surface area contributed by atoms with Gasteiger partial charge in [-0.25, -0.2) is 0 Å². The lowest BCUT2D eigenvalue weighted by Crippen LogP contribution is -2.02. The van der Waals surface area contributed by atoms with Gasteiger partial charge in [-0.2, -0.15) is 0 Å². The third kappa shape index (κ3) is 5.19. The van der Waals surface area contributed by atoms with Gasteiger partial charge in [0.2, 0.25) is 0 Å². The van der Waals surface area contributed by atoms with E-state index in [-0.39, 0.29) is 5.56 Å². The third-order valence-corrected chi connectivity index (χ3v) is 1.96. The lowest BCUT2D eigenvalue weighted by Gasteiger charge is -1.81. The van der Waals surface area contributed by atoms with Gasteiger partial charge in [0.05, 0.1) is 0 Å². The van der Waals surface area contributed by atoms with E-state index in [0.717, 1.165) is 4.90 Å². The molecule has 0 bridgehead atoms. The lowest BCUT2D eigenvalue weighted by molar-refractivity contribution is 1.09. The number of hydrogen-bond acceptors (Lipinski definition) is 3. The Hall–Kier alpha value is -1.33. The molecule has 0 saturated carbocycles. The summed E-state index contributed by atoms with van der Waals surface area (Å²) in [6.07, 6.45) is 1.50. The van der Waals surface area contributed by atoms with E-state index >= 15 is 0 Å². The molecule has 0 radical (unpaired) electrons. The first-order valence-corrected chi connectivity index (χ1v) is 5.06. The molecule has 0 atom stereocenters. The molecular weight excluding hydrogens is 228 g/mol. The maximum atomic E-state index is 10.3. The largest absolute Gasteiger partial charge is 0.339 e. The minimum atomic E-state index is -0.172. The molecule has 0 spiro atoms. The fourth-order valence-corrected chi connectivity index (χ4v) is 1.15. The summed E-state index contributed by atoms with van der Waals surface area (Å²) in [6, 6.07) is 11.2. The van der Waals surface area contributed by atoms with Gasteiger partial charge in [0.1, 0.15) is 0 Å². The summed E-state index contributed by atoms with van der Waals surface area (Å²) in [4.78, 5) is 16.4. The van der Waals surface area contributed by atoms with Crippen LogP contribution in [-0.4, -0.2) is 9.97 Å². The molecule has 0 aliphatic carbocycles. The molecule has 5 heteroatoms. The molecule has 0 unspecified atom stereocenters. The highest BCUT2D eigenvalue weighted by atomic mass is 32.1. The van der Waals surface area contributed by atoms with Crippen molar-refractivity contribution in [2.24, 2.45) is 0 Å². The number of hydrogen-bond donors (Lipinski definition) is 3. The van der Waals surface area contributed by atoms with E-state index in [1.165, 1.54) is 12.3 Å². The van der Waals surface area contributed by atoms with Crippen LogP contribution in [0.1, 0.15) is 0 Å². The van der Waals surface area contributed by atoms with Gasteiger partial charge < -0.3 is 4.98 Å². The lowest BCUT2D eigenvalue weighted by atomic mass is 10.4. The average molecular weight is 238 g/mol. The Morgan fingerprint density at radius 3 is 2.13 bits per heavy atom. The zero-order valence-electron chi connectivity index (χ0n) is 7.81. The second-order valence-electron chi connectivity index (χ2n) is 2.63. The van der Waals surface area contributed by atoms with Crippen molar-refractivity contribution in [3.8, 4) is 0 Å². The van der Waals surface area contributed by atoms with Crippen molar-refractivity contribution in [3.63, 3.8) is 0 Å². The van der Waals surface area contributed by atoms with Crippen LogP contribution < -0.4 is 5.56 Å². The summed E-state index contributed by atoms with van der Waals surface area (Å²) in [5, 5.41) is 0. The maximum Gasteiger partial charge on any atom is 0.251 e. The molecule has 2 N–H and O–H groups in total. The summed E-state index contributed by atoms with van der Waals surface area (Å²) in [5.74, 6) is 0. The number of rotatable bonds is 0. The number of H-pyrrole nitrogens is 2. The normalized spacial score (nSPS) is 8.87. The summed E-state index contributed by atoms with van der Waals surface area (Å²) >= 11 is 8.67. The van der Waals surface area contributed by atoms with Crippen LogP contribution in [0.15, 0.2) is 52.3 Å². The van der Waals surface area contributed by atoms with Crippen molar-refractivity contribution in [3.05, 3.63) is 57.7 Å². The van der Waals surface area contributed by atoms with Gasteiger partial charge in [-0.1, -0.05) is 18.2 Å². The highest BCUT2D eigenvalue weighted by Crippen LogP contribution is 2.00. The summed E-state index contributed by atoms with van der Waals surface area (Å²) in [5.41, 5.74) is -0.172. The Morgan fingerprint density at radius 2 is 1.80 bits per heavy atom. The topological polar surface area (TPSA) is 48.6 Å². The molecule has 0 aliphatic heterocycles. The Balaban J connectivity index is 0.000000151. The molecule has 0 amide bonds. The minimum absolute atomic E-state index is 0.172. The van der Waals surface area contributed by atoms with Gasteiger partial charge in [0, 0.05) is 17.2 Å². The SMILES string of the molecule is O=c1cc[nH]c(=S)[nH]1.Sc1ccccc1. The Morgan fingerprint density at radius 1 is 1.13 bits per heavy atom. The molecule has 15 heavy (non-hydrogen) atoms. The second-order valence-corrected chi connectivity index (χ2v) is 3.56. The van der Waals surface area contributed by atoms with Crippen LogP contribution in [0.2, 0.25) is 0 Å². The van der Waals surface area contributed by atoms with Gasteiger partial charge in [0.25, 0.3) is 5.56 Å². The molecule has 3 nitrogen and oxygen atoms in total. The Labute approximate surface area is 97.6 Å². The van der Waals surface area contributed by atoms with Crippen LogP contribution in [0.5, 0.6) is 0 Å². The molecule has 78 valence electrons. The molecule has 2 rings (SSSR count). The van der Waals surface area contributed by atoms with Crippen LogP contribution >= 0.6 is 24.8 Å². The first kappa shape index (κ1) is 11.7. The minimum Gasteiger partial charge on any atom is -0.339 e. The van der Waals surface area contributed by atoms with E-state index in [9.17, 15) is 4.79 Å². The zero-order chi connectivity index (χ0) is 11.1. The first-order chi connectivity index (χ1) is 7.18. The number of aromatic nitrogens is 2. The first-order valence-electron chi connectivity index (χ1n) is 4.20. The maximum absolute atomic E-state index is 10.3. The predicted molar refractivity (Wildman–Crippen MR) is 65.9 cm³/mol. The summed E-state index contributed by atoms with van der Waals surface area (Å²) < 4.78 is 0.359. The fourth-order valence-electron chi connectivity index (χ4n) is 0.811. The van der Waals surface area contributed by atoms with Crippen LogP contribution in [0.4, 0.5) is 0 Å². The van der Waals surface area contributed by atoms with Crippen LogP contribution in [0.3, 0.4) is 0 Å². The monoisotopic (exact) mass is 238 g/mol.